The third-order valence-electron chi connectivity index (χ3n) is 3.50. The van der Waals surface area contributed by atoms with Crippen LogP contribution in [0.4, 0.5) is 0 Å². The molecule has 0 atom stereocenters. The number of aryl methyl sites for hydroxylation is 1. The van der Waals surface area contributed by atoms with Crippen LogP contribution in [0.3, 0.4) is 0 Å². The zero-order valence-electron chi connectivity index (χ0n) is 14.2. The molecule has 23 heavy (non-hydrogen) atoms. The molecule has 1 aromatic carbocycles. The molecule has 0 radical (unpaired) electrons. The molecule has 0 aliphatic heterocycles. The van der Waals surface area contributed by atoms with E-state index >= 15 is 0 Å². The topological polar surface area (TPSA) is 44.1 Å². The first-order chi connectivity index (χ1) is 10.8. The van der Waals surface area contributed by atoms with Crippen molar-refractivity contribution in [2.45, 2.75) is 25.5 Å². The van der Waals surface area contributed by atoms with Crippen molar-refractivity contribution >= 4 is 23.9 Å². The van der Waals surface area contributed by atoms with Gasteiger partial charge in [0.05, 0.1) is 5.71 Å². The van der Waals surface area contributed by atoms with Crippen LogP contribution in [0.1, 0.15) is 25.0 Å². The molecule has 0 saturated carbocycles. The maximum atomic E-state index is 8.46. The van der Waals surface area contributed by atoms with Gasteiger partial charge in [-0.25, -0.2) is 0 Å². The summed E-state index contributed by atoms with van der Waals surface area (Å²) in [5.41, 5.74) is 5.70. The predicted molar refractivity (Wildman–Crippen MR) is 104 cm³/mol. The van der Waals surface area contributed by atoms with Crippen molar-refractivity contribution in [1.29, 1.82) is 5.41 Å². The summed E-state index contributed by atoms with van der Waals surface area (Å²) in [5, 5.41) is 15.5. The van der Waals surface area contributed by atoms with Crippen LogP contribution in [0.2, 0.25) is 0 Å². The highest BCUT2D eigenvalue weighted by Crippen LogP contribution is 2.34. The smallest absolute Gasteiger partial charge is 0.0690 e. The number of thiol groups is 1. The van der Waals surface area contributed by atoms with Crippen LogP contribution < -0.4 is 0 Å². The molecule has 0 saturated heterocycles. The van der Waals surface area contributed by atoms with Crippen molar-refractivity contribution < 1.29 is 5.11 Å². The van der Waals surface area contributed by atoms with Crippen LogP contribution in [0, 0.1) is 12.3 Å². The van der Waals surface area contributed by atoms with Gasteiger partial charge in [0.15, 0.2) is 0 Å². The Bertz CT molecular complexity index is 688. The Labute approximate surface area is 144 Å². The Morgan fingerprint density at radius 2 is 1.87 bits per heavy atom. The average molecular weight is 327 g/mol. The molecular weight excluding hydrogens is 302 g/mol. The van der Waals surface area contributed by atoms with E-state index in [0.29, 0.717) is 5.71 Å². The zero-order chi connectivity index (χ0) is 17.6. The Hall–Kier alpha value is -1.84. The molecule has 0 heterocycles. The van der Waals surface area contributed by atoms with Crippen LogP contribution in [-0.4, -0.2) is 22.7 Å². The van der Waals surface area contributed by atoms with Crippen molar-refractivity contribution in [3.05, 3.63) is 77.4 Å². The fraction of sp³-hybridized carbons (Fsp3) is 0.250. The quantitative estimate of drug-likeness (QED) is 0.688. The van der Waals surface area contributed by atoms with E-state index in [1.54, 1.807) is 6.08 Å². The second-order valence-corrected chi connectivity index (χ2v) is 6.94. The zero-order valence-corrected chi connectivity index (χ0v) is 15.1. The van der Waals surface area contributed by atoms with E-state index in [1.807, 2.05) is 24.3 Å². The van der Waals surface area contributed by atoms with E-state index < -0.39 is 0 Å². The van der Waals surface area contributed by atoms with Gasteiger partial charge in [0.25, 0.3) is 0 Å². The van der Waals surface area contributed by atoms with Gasteiger partial charge in [-0.3, -0.25) is 5.41 Å². The molecule has 2 nitrogen and oxygen atoms in total. The Morgan fingerprint density at radius 3 is 2.39 bits per heavy atom. The summed E-state index contributed by atoms with van der Waals surface area (Å²) in [7, 11) is 1.00. The van der Waals surface area contributed by atoms with Gasteiger partial charge in [0.2, 0.25) is 0 Å². The molecule has 1 aliphatic carbocycles. The second kappa shape index (κ2) is 8.14. The van der Waals surface area contributed by atoms with Crippen molar-refractivity contribution in [3.63, 3.8) is 0 Å². The van der Waals surface area contributed by atoms with Crippen LogP contribution in [-0.2, 0) is 0 Å². The molecule has 1 aliphatic rings. The monoisotopic (exact) mass is 327 g/mol. The lowest BCUT2D eigenvalue weighted by atomic mass is 9.84. The number of aliphatic hydroxyl groups excluding tert-OH is 1. The third-order valence-corrected chi connectivity index (χ3v) is 3.76. The van der Waals surface area contributed by atoms with Crippen molar-refractivity contribution in [2.24, 2.45) is 0 Å². The molecule has 0 fully saturated rings. The SMILES string of the molecule is C=C/C=C1/C=C(C(C)(C)S)C=C(c2cccc(C)c2)C1=N.CO. The Kier molecular flexibility index (Phi) is 6.79. The predicted octanol–water partition coefficient (Wildman–Crippen LogP) is 4.77. The first-order valence-corrected chi connectivity index (χ1v) is 7.87. The lowest BCUT2D eigenvalue weighted by molar-refractivity contribution is 0.399. The highest BCUT2D eigenvalue weighted by molar-refractivity contribution is 7.82. The number of aliphatic hydroxyl groups is 1. The molecule has 2 N–H and O–H groups in total. The highest BCUT2D eigenvalue weighted by atomic mass is 32.1. The molecule has 122 valence electrons. The van der Waals surface area contributed by atoms with Crippen LogP contribution in [0.5, 0.6) is 0 Å². The van der Waals surface area contributed by atoms with E-state index in [4.69, 9.17) is 10.5 Å². The fourth-order valence-electron chi connectivity index (χ4n) is 2.32. The van der Waals surface area contributed by atoms with E-state index in [2.05, 4.69) is 58.2 Å². The van der Waals surface area contributed by atoms with Crippen molar-refractivity contribution in [1.82, 2.24) is 0 Å². The summed E-state index contributed by atoms with van der Waals surface area (Å²) in [6.07, 6.45) is 7.70. The molecule has 0 aromatic heterocycles. The lowest BCUT2D eigenvalue weighted by Crippen LogP contribution is -2.19. The maximum absolute atomic E-state index is 8.46. The van der Waals surface area contributed by atoms with Crippen molar-refractivity contribution in [2.75, 3.05) is 7.11 Å². The normalized spacial score (nSPS) is 16.3. The van der Waals surface area contributed by atoms with E-state index in [0.717, 1.165) is 29.4 Å². The van der Waals surface area contributed by atoms with E-state index in [1.165, 1.54) is 5.56 Å². The highest BCUT2D eigenvalue weighted by Gasteiger charge is 2.24. The first-order valence-electron chi connectivity index (χ1n) is 7.43. The first kappa shape index (κ1) is 19.2. The number of rotatable bonds is 3. The largest absolute Gasteiger partial charge is 0.400 e. The standard InChI is InChI=1S/C19H21NS.CH4O/c1-5-7-15-11-16(19(3,4)21)12-17(18(15)20)14-9-6-8-13(2)10-14;1-2/h5-12,20-21H,1H2,2-4H3;2H,1H3/b15-7-,20-18?;. The molecule has 1 aromatic rings. The van der Waals surface area contributed by atoms with Gasteiger partial charge in [0.1, 0.15) is 0 Å². The van der Waals surface area contributed by atoms with E-state index in [9.17, 15) is 0 Å². The summed E-state index contributed by atoms with van der Waals surface area (Å²) in [5.74, 6) is 0. The number of allylic oxidation sites excluding steroid dienone is 6. The minimum absolute atomic E-state index is 0.254. The van der Waals surface area contributed by atoms with Gasteiger partial charge >= 0.3 is 0 Å². The van der Waals surface area contributed by atoms with Gasteiger partial charge in [0, 0.05) is 23.0 Å². The molecular formula is C20H25NOS. The number of hydrogen-bond donors (Lipinski definition) is 3. The number of hydrogen-bond acceptors (Lipinski definition) is 3. The lowest BCUT2D eigenvalue weighted by Gasteiger charge is -2.26. The van der Waals surface area contributed by atoms with Crippen LogP contribution in [0.25, 0.3) is 5.57 Å². The molecule has 3 heteroatoms. The summed E-state index contributed by atoms with van der Waals surface area (Å²) < 4.78 is -0.254. The van der Waals surface area contributed by atoms with E-state index in [-0.39, 0.29) is 4.75 Å². The Balaban J connectivity index is 0.00000127. The minimum Gasteiger partial charge on any atom is -0.400 e. The van der Waals surface area contributed by atoms with Gasteiger partial charge in [-0.2, -0.15) is 12.6 Å². The van der Waals surface area contributed by atoms with Gasteiger partial charge in [-0.15, -0.1) is 0 Å². The third kappa shape index (κ3) is 4.81. The summed E-state index contributed by atoms with van der Waals surface area (Å²) in [6.45, 7) is 9.94. The van der Waals surface area contributed by atoms with Crippen LogP contribution in [0.15, 0.2) is 66.3 Å². The number of benzene rings is 1. The summed E-state index contributed by atoms with van der Waals surface area (Å²) >= 11 is 4.67. The molecule has 2 rings (SSSR count). The van der Waals surface area contributed by atoms with Crippen LogP contribution >= 0.6 is 12.6 Å². The second-order valence-electron chi connectivity index (χ2n) is 5.82. The van der Waals surface area contributed by atoms with Gasteiger partial charge in [-0.1, -0.05) is 48.6 Å². The van der Waals surface area contributed by atoms with Crippen molar-refractivity contribution in [3.8, 4) is 0 Å². The summed E-state index contributed by atoms with van der Waals surface area (Å²) in [4.78, 5) is 0. The number of nitrogens with one attached hydrogen (secondary N) is 1. The average Bonchev–Trinajstić information content (AvgIpc) is 2.50. The molecule has 0 amide bonds. The van der Waals surface area contributed by atoms with Gasteiger partial charge < -0.3 is 5.11 Å². The molecule has 0 spiro atoms. The molecule has 0 unspecified atom stereocenters. The minimum atomic E-state index is -0.254. The fourth-order valence-corrected chi connectivity index (χ4v) is 2.45. The van der Waals surface area contributed by atoms with Gasteiger partial charge in [-0.05, 0) is 44.1 Å². The molecule has 0 bridgehead atoms. The Morgan fingerprint density at radius 1 is 1.22 bits per heavy atom. The summed E-state index contributed by atoms with van der Waals surface area (Å²) in [6, 6.07) is 8.25. The maximum Gasteiger partial charge on any atom is 0.0690 e.